The molecule has 0 heterocycles. The minimum Gasteiger partial charge on any atom is -0.258 e. The van der Waals surface area contributed by atoms with Crippen LogP contribution in [-0.4, -0.2) is 19.6 Å². The van der Waals surface area contributed by atoms with E-state index >= 15 is 0 Å². The molecular weight excluding hydrogens is 363 g/mol. The van der Waals surface area contributed by atoms with E-state index in [0.29, 0.717) is 0 Å². The average Bonchev–Trinajstić information content (AvgIpc) is 2.54. The highest BCUT2D eigenvalue weighted by atomic mass is 32.2. The van der Waals surface area contributed by atoms with Gasteiger partial charge in [0.15, 0.2) is 0 Å². The number of halogens is 3. The zero-order valence-electron chi connectivity index (χ0n) is 12.3. The molecule has 0 unspecified atom stereocenters. The Kier molecular flexibility index (Phi) is 5.07. The van der Waals surface area contributed by atoms with Gasteiger partial charge in [-0.05, 0) is 23.8 Å². The highest BCUT2D eigenvalue weighted by Crippen LogP contribution is 2.29. The van der Waals surface area contributed by atoms with Gasteiger partial charge in [-0.1, -0.05) is 18.2 Å². The number of nitro groups is 1. The minimum atomic E-state index is -4.54. The minimum absolute atomic E-state index is 0.0246. The van der Waals surface area contributed by atoms with E-state index in [1.54, 1.807) is 4.83 Å². The first kappa shape index (κ1) is 18.4. The van der Waals surface area contributed by atoms with Crippen molar-refractivity contribution in [2.24, 2.45) is 5.10 Å². The summed E-state index contributed by atoms with van der Waals surface area (Å²) < 4.78 is 61.8. The van der Waals surface area contributed by atoms with Crippen LogP contribution in [0.3, 0.4) is 0 Å². The predicted octanol–water partition coefficient (Wildman–Crippen LogP) is 2.93. The summed E-state index contributed by atoms with van der Waals surface area (Å²) in [4.78, 5) is 11.3. The lowest BCUT2D eigenvalue weighted by atomic mass is 10.1. The average molecular weight is 373 g/mol. The molecule has 0 fully saturated rings. The van der Waals surface area contributed by atoms with E-state index in [4.69, 9.17) is 0 Å². The van der Waals surface area contributed by atoms with E-state index in [1.165, 1.54) is 12.1 Å². The highest BCUT2D eigenvalue weighted by molar-refractivity contribution is 7.89. The predicted molar refractivity (Wildman–Crippen MR) is 82.5 cm³/mol. The number of non-ortho nitro benzene ring substituents is 1. The van der Waals surface area contributed by atoms with Crippen LogP contribution < -0.4 is 4.83 Å². The van der Waals surface area contributed by atoms with Crippen molar-refractivity contribution >= 4 is 21.9 Å². The molecular formula is C14H10F3N3O4S. The molecule has 1 N–H and O–H groups in total. The first-order valence-corrected chi connectivity index (χ1v) is 8.04. The Balaban J connectivity index is 2.18. The van der Waals surface area contributed by atoms with Crippen molar-refractivity contribution in [1.82, 2.24) is 4.83 Å². The standard InChI is InChI=1S/C14H10F3N3O4S/c15-14(16,17)11-4-1-3-10(7-11)9-18-19-25(23,24)13-6-2-5-12(8-13)20(21)22/h1-9,19H/b18-9+. The molecule has 0 aliphatic carbocycles. The molecule has 7 nitrogen and oxygen atoms in total. The zero-order valence-corrected chi connectivity index (χ0v) is 13.1. The molecule has 0 saturated heterocycles. The molecule has 11 heteroatoms. The number of nitrogens with zero attached hydrogens (tertiary/aromatic N) is 2. The molecule has 0 amide bonds. The molecule has 25 heavy (non-hydrogen) atoms. The van der Waals surface area contributed by atoms with E-state index in [0.717, 1.165) is 42.6 Å². The number of nitrogens with one attached hydrogen (secondary N) is 1. The van der Waals surface area contributed by atoms with Gasteiger partial charge in [0.05, 0.1) is 21.6 Å². The molecule has 0 aromatic heterocycles. The van der Waals surface area contributed by atoms with Crippen LogP contribution in [0.5, 0.6) is 0 Å². The number of hydrazone groups is 1. The summed E-state index contributed by atoms with van der Waals surface area (Å²) in [6, 6.07) is 8.38. The number of hydrogen-bond donors (Lipinski definition) is 1. The van der Waals surface area contributed by atoms with Gasteiger partial charge >= 0.3 is 6.18 Å². The molecule has 0 spiro atoms. The number of rotatable bonds is 5. The highest BCUT2D eigenvalue weighted by Gasteiger charge is 2.30. The largest absolute Gasteiger partial charge is 0.416 e. The van der Waals surface area contributed by atoms with Crippen LogP contribution in [0.25, 0.3) is 0 Å². The van der Waals surface area contributed by atoms with E-state index in [1.807, 2.05) is 0 Å². The third kappa shape index (κ3) is 4.76. The van der Waals surface area contributed by atoms with Crippen LogP contribution in [-0.2, 0) is 16.2 Å². The van der Waals surface area contributed by atoms with E-state index in [2.05, 4.69) is 5.10 Å². The molecule has 0 aliphatic rings. The van der Waals surface area contributed by atoms with Gasteiger partial charge < -0.3 is 0 Å². The summed E-state index contributed by atoms with van der Waals surface area (Å²) >= 11 is 0. The second-order valence-corrected chi connectivity index (χ2v) is 6.39. The van der Waals surface area contributed by atoms with Crippen molar-refractivity contribution in [2.45, 2.75) is 11.1 Å². The lowest BCUT2D eigenvalue weighted by Crippen LogP contribution is -2.18. The van der Waals surface area contributed by atoms with E-state index in [-0.39, 0.29) is 5.56 Å². The molecule has 0 atom stereocenters. The van der Waals surface area contributed by atoms with Crippen LogP contribution in [0.2, 0.25) is 0 Å². The third-order valence-electron chi connectivity index (χ3n) is 2.94. The topological polar surface area (TPSA) is 102 Å². The van der Waals surface area contributed by atoms with Crippen LogP contribution in [0, 0.1) is 10.1 Å². The Morgan fingerprint density at radius 2 is 1.80 bits per heavy atom. The molecule has 2 rings (SSSR count). The van der Waals surface area contributed by atoms with Gasteiger partial charge in [0.25, 0.3) is 15.7 Å². The summed E-state index contributed by atoms with van der Waals surface area (Å²) in [7, 11) is -4.20. The number of hydrogen-bond acceptors (Lipinski definition) is 5. The first-order valence-electron chi connectivity index (χ1n) is 6.56. The van der Waals surface area contributed by atoms with Gasteiger partial charge in [0.1, 0.15) is 0 Å². The Morgan fingerprint density at radius 1 is 1.12 bits per heavy atom. The lowest BCUT2D eigenvalue weighted by molar-refractivity contribution is -0.385. The summed E-state index contributed by atoms with van der Waals surface area (Å²) in [5.74, 6) is 0. The molecule has 0 radical (unpaired) electrons. The fourth-order valence-corrected chi connectivity index (χ4v) is 2.61. The van der Waals surface area contributed by atoms with E-state index in [9.17, 15) is 31.7 Å². The van der Waals surface area contributed by atoms with Crippen LogP contribution in [0.1, 0.15) is 11.1 Å². The Hall–Kier alpha value is -2.95. The summed E-state index contributed by atoms with van der Waals surface area (Å²) in [5.41, 5.74) is -1.31. The maximum Gasteiger partial charge on any atom is 0.416 e. The molecule has 132 valence electrons. The molecule has 0 aliphatic heterocycles. The van der Waals surface area contributed by atoms with Crippen molar-refractivity contribution in [1.29, 1.82) is 0 Å². The van der Waals surface area contributed by atoms with Gasteiger partial charge in [0, 0.05) is 12.1 Å². The number of alkyl halides is 3. The lowest BCUT2D eigenvalue weighted by Gasteiger charge is -2.06. The van der Waals surface area contributed by atoms with Crippen LogP contribution in [0.15, 0.2) is 58.5 Å². The quantitative estimate of drug-likeness (QED) is 0.495. The molecule has 0 bridgehead atoms. The van der Waals surface area contributed by atoms with Gasteiger partial charge in [-0.25, -0.2) is 4.83 Å². The first-order chi connectivity index (χ1) is 11.6. The maximum atomic E-state index is 12.6. The van der Waals surface area contributed by atoms with Crippen molar-refractivity contribution in [2.75, 3.05) is 0 Å². The maximum absolute atomic E-state index is 12.6. The van der Waals surface area contributed by atoms with E-state index < -0.39 is 37.3 Å². The van der Waals surface area contributed by atoms with Crippen molar-refractivity contribution < 1.29 is 26.5 Å². The Bertz CT molecular complexity index is 927. The van der Waals surface area contributed by atoms with Crippen LogP contribution in [0.4, 0.5) is 18.9 Å². The third-order valence-corrected chi connectivity index (χ3v) is 4.16. The fourth-order valence-electron chi connectivity index (χ4n) is 1.78. The van der Waals surface area contributed by atoms with Gasteiger partial charge in [0.2, 0.25) is 0 Å². The summed E-state index contributed by atoms with van der Waals surface area (Å²) in [5, 5.41) is 14.0. The van der Waals surface area contributed by atoms with Gasteiger partial charge in [-0.15, -0.1) is 0 Å². The number of nitro benzene ring substituents is 1. The second kappa shape index (κ2) is 6.89. The second-order valence-electron chi connectivity index (χ2n) is 4.73. The van der Waals surface area contributed by atoms with Crippen molar-refractivity contribution in [3.05, 3.63) is 69.8 Å². The molecule has 2 aromatic rings. The summed E-state index contributed by atoms with van der Waals surface area (Å²) in [6.45, 7) is 0. The molecule has 0 saturated carbocycles. The summed E-state index contributed by atoms with van der Waals surface area (Å²) in [6.07, 6.45) is -3.64. The van der Waals surface area contributed by atoms with Gasteiger partial charge in [-0.3, -0.25) is 10.1 Å². The Morgan fingerprint density at radius 3 is 2.44 bits per heavy atom. The van der Waals surface area contributed by atoms with Crippen molar-refractivity contribution in [3.8, 4) is 0 Å². The number of benzene rings is 2. The van der Waals surface area contributed by atoms with Crippen molar-refractivity contribution in [3.63, 3.8) is 0 Å². The molecule has 2 aromatic carbocycles. The Labute approximate surface area is 140 Å². The number of sulfonamides is 1. The van der Waals surface area contributed by atoms with Crippen LogP contribution >= 0.6 is 0 Å². The smallest absolute Gasteiger partial charge is 0.258 e. The normalized spacial score (nSPS) is 12.3. The SMILES string of the molecule is O=[N+]([O-])c1cccc(S(=O)(=O)N/N=C/c2cccc(C(F)(F)F)c2)c1. The van der Waals surface area contributed by atoms with Gasteiger partial charge in [-0.2, -0.15) is 26.7 Å². The fraction of sp³-hybridized carbons (Fsp3) is 0.0714. The zero-order chi connectivity index (χ0) is 18.7. The monoisotopic (exact) mass is 373 g/mol.